The van der Waals surface area contributed by atoms with Gasteiger partial charge in [0.1, 0.15) is 10.8 Å². The Kier molecular flexibility index (Phi) is 4.07. The molecule has 0 unspecified atom stereocenters. The molecule has 7 heteroatoms. The second-order valence-electron chi connectivity index (χ2n) is 5.76. The zero-order valence-corrected chi connectivity index (χ0v) is 14.4. The summed E-state index contributed by atoms with van der Waals surface area (Å²) < 4.78 is 1.12. The number of benzene rings is 2. The van der Waals surface area contributed by atoms with Crippen LogP contribution >= 0.6 is 11.3 Å². The van der Waals surface area contributed by atoms with Gasteiger partial charge in [-0.2, -0.15) is 0 Å². The predicted octanol–water partition coefficient (Wildman–Crippen LogP) is 3.73. The van der Waals surface area contributed by atoms with Crippen molar-refractivity contribution in [3.8, 4) is 0 Å². The second kappa shape index (κ2) is 6.52. The second-order valence-corrected chi connectivity index (χ2v) is 6.88. The summed E-state index contributed by atoms with van der Waals surface area (Å²) in [6, 6.07) is 15.3. The van der Waals surface area contributed by atoms with Crippen molar-refractivity contribution in [1.82, 2.24) is 25.6 Å². The molecule has 3 N–H and O–H groups in total. The highest BCUT2D eigenvalue weighted by molar-refractivity contribution is 7.18. The molecular formula is C18H17N5OS. The van der Waals surface area contributed by atoms with Crippen molar-refractivity contribution >= 4 is 38.6 Å². The number of nitrogens with one attached hydrogen (secondary N) is 3. The van der Waals surface area contributed by atoms with Crippen LogP contribution in [0.25, 0.3) is 21.3 Å². The summed E-state index contributed by atoms with van der Waals surface area (Å²) in [5, 5.41) is 6.63. The van der Waals surface area contributed by atoms with E-state index in [1.54, 1.807) is 11.3 Å². The topological polar surface area (TPSA) is 82.7 Å². The van der Waals surface area contributed by atoms with Crippen molar-refractivity contribution < 1.29 is 4.79 Å². The van der Waals surface area contributed by atoms with E-state index in [0.717, 1.165) is 32.1 Å². The lowest BCUT2D eigenvalue weighted by Crippen LogP contribution is -2.36. The summed E-state index contributed by atoms with van der Waals surface area (Å²) in [5.41, 5.74) is 2.81. The molecule has 1 atom stereocenters. The molecule has 0 fully saturated rings. The van der Waals surface area contributed by atoms with Crippen LogP contribution < -0.4 is 10.6 Å². The minimum atomic E-state index is -0.243. The average molecular weight is 351 g/mol. The fourth-order valence-electron chi connectivity index (χ4n) is 2.65. The molecule has 4 aromatic rings. The number of rotatable bonds is 4. The highest BCUT2D eigenvalue weighted by Crippen LogP contribution is 2.21. The van der Waals surface area contributed by atoms with Crippen LogP contribution in [0.15, 0.2) is 48.5 Å². The predicted molar refractivity (Wildman–Crippen MR) is 99.5 cm³/mol. The van der Waals surface area contributed by atoms with Gasteiger partial charge in [-0.3, -0.25) is 0 Å². The molecule has 4 rings (SSSR count). The molecule has 0 aliphatic carbocycles. The zero-order chi connectivity index (χ0) is 17.2. The van der Waals surface area contributed by atoms with E-state index in [2.05, 4.69) is 25.6 Å². The van der Waals surface area contributed by atoms with Crippen molar-refractivity contribution in [2.75, 3.05) is 0 Å². The standard InChI is InChI=1S/C18H17N5OS/c1-11(17-22-12-6-2-3-7-13(12)23-17)20-18(24)19-10-16-21-14-8-4-5-9-15(14)25-16/h2-9,11H,10H2,1H3,(H,22,23)(H2,19,20,24)/t11-/m0/s1. The van der Waals surface area contributed by atoms with Gasteiger partial charge in [-0.25, -0.2) is 14.8 Å². The van der Waals surface area contributed by atoms with Crippen molar-refractivity contribution in [3.63, 3.8) is 0 Å². The van der Waals surface area contributed by atoms with Crippen molar-refractivity contribution in [2.24, 2.45) is 0 Å². The third-order valence-electron chi connectivity index (χ3n) is 3.90. The number of aromatic amines is 1. The van der Waals surface area contributed by atoms with Gasteiger partial charge >= 0.3 is 6.03 Å². The van der Waals surface area contributed by atoms with Gasteiger partial charge in [-0.15, -0.1) is 11.3 Å². The Bertz CT molecular complexity index is 972. The summed E-state index contributed by atoms with van der Waals surface area (Å²) in [6.45, 7) is 2.30. The Morgan fingerprint density at radius 2 is 1.88 bits per heavy atom. The first kappa shape index (κ1) is 15.6. The molecule has 2 heterocycles. The zero-order valence-electron chi connectivity index (χ0n) is 13.6. The number of H-pyrrole nitrogens is 1. The van der Waals surface area contributed by atoms with Crippen LogP contribution in [0.4, 0.5) is 4.79 Å². The number of para-hydroxylation sites is 3. The molecule has 0 aliphatic rings. The quantitative estimate of drug-likeness (QED) is 0.524. The summed E-state index contributed by atoms with van der Waals surface area (Å²) in [7, 11) is 0. The lowest BCUT2D eigenvalue weighted by molar-refractivity contribution is 0.237. The van der Waals surface area contributed by atoms with Crippen LogP contribution in [0, 0.1) is 0 Å². The maximum absolute atomic E-state index is 12.1. The molecule has 25 heavy (non-hydrogen) atoms. The lowest BCUT2D eigenvalue weighted by atomic mass is 10.3. The van der Waals surface area contributed by atoms with Crippen molar-refractivity contribution in [1.29, 1.82) is 0 Å². The number of amides is 2. The summed E-state index contributed by atoms with van der Waals surface area (Å²) >= 11 is 1.59. The number of nitrogens with zero attached hydrogens (tertiary/aromatic N) is 2. The minimum Gasteiger partial charge on any atom is -0.340 e. The molecule has 6 nitrogen and oxygen atoms in total. The van der Waals surface area contributed by atoms with Gasteiger partial charge in [0.05, 0.1) is 33.8 Å². The smallest absolute Gasteiger partial charge is 0.315 e. The third kappa shape index (κ3) is 3.32. The van der Waals surface area contributed by atoms with Crippen molar-refractivity contribution in [3.05, 3.63) is 59.4 Å². The van der Waals surface area contributed by atoms with Crippen molar-refractivity contribution in [2.45, 2.75) is 19.5 Å². The van der Waals surface area contributed by atoms with Crippen LogP contribution in [-0.2, 0) is 6.54 Å². The molecule has 0 saturated heterocycles. The van der Waals surface area contributed by atoms with E-state index < -0.39 is 0 Å². The number of hydrogen-bond donors (Lipinski definition) is 3. The Hall–Kier alpha value is -2.93. The molecule has 0 spiro atoms. The van der Waals surface area contributed by atoms with E-state index >= 15 is 0 Å². The lowest BCUT2D eigenvalue weighted by Gasteiger charge is -2.11. The van der Waals surface area contributed by atoms with Gasteiger partial charge < -0.3 is 15.6 Å². The molecule has 2 aromatic heterocycles. The molecule has 126 valence electrons. The Morgan fingerprint density at radius 1 is 1.12 bits per heavy atom. The molecule has 0 bridgehead atoms. The number of aromatic nitrogens is 3. The fourth-order valence-corrected chi connectivity index (χ4v) is 3.55. The van der Waals surface area contributed by atoms with E-state index in [1.807, 2.05) is 55.5 Å². The Balaban J connectivity index is 1.37. The Morgan fingerprint density at radius 3 is 2.68 bits per heavy atom. The highest BCUT2D eigenvalue weighted by atomic mass is 32.1. The number of hydrogen-bond acceptors (Lipinski definition) is 4. The molecule has 0 radical (unpaired) electrons. The fraction of sp³-hybridized carbons (Fsp3) is 0.167. The minimum absolute atomic E-state index is 0.220. The number of urea groups is 1. The van der Waals surface area contributed by atoms with Gasteiger partial charge in [-0.05, 0) is 31.2 Å². The number of imidazole rings is 1. The van der Waals surface area contributed by atoms with Gasteiger partial charge in [0, 0.05) is 0 Å². The number of carbonyl (C=O) groups excluding carboxylic acids is 1. The highest BCUT2D eigenvalue weighted by Gasteiger charge is 2.13. The number of carbonyl (C=O) groups is 1. The number of fused-ring (bicyclic) bond motifs is 2. The van der Waals surface area contributed by atoms with Gasteiger partial charge in [-0.1, -0.05) is 24.3 Å². The molecule has 0 saturated carbocycles. The normalized spacial score (nSPS) is 12.4. The largest absolute Gasteiger partial charge is 0.340 e. The van der Waals surface area contributed by atoms with Crippen LogP contribution in [0.2, 0.25) is 0 Å². The first-order valence-electron chi connectivity index (χ1n) is 8.02. The van der Waals surface area contributed by atoms with E-state index in [-0.39, 0.29) is 12.1 Å². The SMILES string of the molecule is C[C@H](NC(=O)NCc1nc2ccccc2s1)c1nc2ccccc2[nH]1. The van der Waals surface area contributed by atoms with E-state index in [4.69, 9.17) is 0 Å². The third-order valence-corrected chi connectivity index (χ3v) is 4.94. The van der Waals surface area contributed by atoms with Gasteiger partial charge in [0.15, 0.2) is 0 Å². The summed E-state index contributed by atoms with van der Waals surface area (Å²) in [4.78, 5) is 24.4. The summed E-state index contributed by atoms with van der Waals surface area (Å²) in [5.74, 6) is 0.733. The first-order chi connectivity index (χ1) is 12.2. The van der Waals surface area contributed by atoms with Crippen LogP contribution in [0.5, 0.6) is 0 Å². The molecule has 0 aliphatic heterocycles. The number of thiazole rings is 1. The van der Waals surface area contributed by atoms with Crippen LogP contribution in [0.3, 0.4) is 0 Å². The van der Waals surface area contributed by atoms with Crippen LogP contribution in [0.1, 0.15) is 23.8 Å². The van der Waals surface area contributed by atoms with E-state index in [0.29, 0.717) is 6.54 Å². The van der Waals surface area contributed by atoms with E-state index in [1.165, 1.54) is 0 Å². The van der Waals surface area contributed by atoms with Gasteiger partial charge in [0.25, 0.3) is 0 Å². The van der Waals surface area contributed by atoms with Crippen LogP contribution in [-0.4, -0.2) is 21.0 Å². The first-order valence-corrected chi connectivity index (χ1v) is 8.84. The Labute approximate surface area is 148 Å². The van der Waals surface area contributed by atoms with E-state index in [9.17, 15) is 4.79 Å². The maximum atomic E-state index is 12.1. The monoisotopic (exact) mass is 351 g/mol. The summed E-state index contributed by atoms with van der Waals surface area (Å²) in [6.07, 6.45) is 0. The molecular weight excluding hydrogens is 334 g/mol. The average Bonchev–Trinajstić information content (AvgIpc) is 3.23. The molecule has 2 aromatic carbocycles. The maximum Gasteiger partial charge on any atom is 0.315 e. The van der Waals surface area contributed by atoms with Gasteiger partial charge in [0.2, 0.25) is 0 Å². The molecule has 2 amide bonds.